The quantitative estimate of drug-likeness (QED) is 0.847. The second kappa shape index (κ2) is 4.14. The van der Waals surface area contributed by atoms with E-state index in [0.717, 1.165) is 0 Å². The van der Waals surface area contributed by atoms with E-state index in [2.05, 4.69) is 9.97 Å². The van der Waals surface area contributed by atoms with E-state index in [1.165, 1.54) is 6.33 Å². The molecule has 1 aromatic heterocycles. The van der Waals surface area contributed by atoms with E-state index in [1.54, 1.807) is 30.3 Å². The Morgan fingerprint density at radius 3 is 2.80 bits per heavy atom. The molecule has 0 amide bonds. The molecule has 5 heteroatoms. The molecule has 0 aliphatic rings. The average molecular weight is 222 g/mol. The highest BCUT2D eigenvalue weighted by Crippen LogP contribution is 2.22. The Kier molecular flexibility index (Phi) is 2.69. The highest BCUT2D eigenvalue weighted by Gasteiger charge is 1.99. The lowest BCUT2D eigenvalue weighted by Crippen LogP contribution is -1.93. The number of nitrogen functional groups attached to an aromatic ring is 1. The van der Waals surface area contributed by atoms with Gasteiger partial charge in [0.05, 0.1) is 0 Å². The van der Waals surface area contributed by atoms with Crippen LogP contribution in [0.1, 0.15) is 0 Å². The van der Waals surface area contributed by atoms with Crippen LogP contribution < -0.4 is 10.5 Å². The molecule has 0 saturated carbocycles. The fourth-order valence-corrected chi connectivity index (χ4v) is 1.24. The number of nitrogens with zero attached hydrogens (tertiary/aromatic N) is 2. The molecule has 0 unspecified atom stereocenters. The van der Waals surface area contributed by atoms with Crippen molar-refractivity contribution in [1.82, 2.24) is 9.97 Å². The summed E-state index contributed by atoms with van der Waals surface area (Å²) in [5.74, 6) is 1.37. The number of hydrogen-bond acceptors (Lipinski definition) is 4. The first-order valence-corrected chi connectivity index (χ1v) is 4.63. The van der Waals surface area contributed by atoms with Gasteiger partial charge in [0, 0.05) is 11.1 Å². The number of rotatable bonds is 2. The van der Waals surface area contributed by atoms with E-state index in [-0.39, 0.29) is 0 Å². The van der Waals surface area contributed by atoms with Gasteiger partial charge in [0.1, 0.15) is 17.9 Å². The minimum Gasteiger partial charge on any atom is -0.439 e. The Hall–Kier alpha value is -1.81. The zero-order chi connectivity index (χ0) is 10.7. The van der Waals surface area contributed by atoms with E-state index < -0.39 is 0 Å². The molecule has 4 nitrogen and oxygen atoms in total. The van der Waals surface area contributed by atoms with Gasteiger partial charge in [0.25, 0.3) is 0 Å². The smallest absolute Gasteiger partial charge is 0.224 e. The van der Waals surface area contributed by atoms with Crippen molar-refractivity contribution in [2.45, 2.75) is 0 Å². The number of benzene rings is 1. The molecular formula is C10H8ClN3O. The van der Waals surface area contributed by atoms with E-state index in [1.807, 2.05) is 0 Å². The van der Waals surface area contributed by atoms with Crippen LogP contribution in [-0.2, 0) is 0 Å². The van der Waals surface area contributed by atoms with Gasteiger partial charge in [0.2, 0.25) is 5.88 Å². The average Bonchev–Trinajstić information content (AvgIpc) is 2.17. The topological polar surface area (TPSA) is 61.0 Å². The van der Waals surface area contributed by atoms with E-state index in [0.29, 0.717) is 22.5 Å². The maximum absolute atomic E-state index is 5.80. The van der Waals surface area contributed by atoms with Crippen LogP contribution in [0.5, 0.6) is 11.6 Å². The predicted molar refractivity (Wildman–Crippen MR) is 58.0 cm³/mol. The van der Waals surface area contributed by atoms with Crippen LogP contribution in [0.4, 0.5) is 5.82 Å². The fourth-order valence-electron chi connectivity index (χ4n) is 1.06. The first kappa shape index (κ1) is 9.73. The molecule has 0 spiro atoms. The molecule has 2 N–H and O–H groups in total. The highest BCUT2D eigenvalue weighted by atomic mass is 35.5. The molecule has 76 valence electrons. The van der Waals surface area contributed by atoms with Gasteiger partial charge in [-0.25, -0.2) is 9.97 Å². The van der Waals surface area contributed by atoms with Crippen LogP contribution in [0.3, 0.4) is 0 Å². The molecule has 2 rings (SSSR count). The Bertz CT molecular complexity index is 432. The zero-order valence-corrected chi connectivity index (χ0v) is 8.48. The summed E-state index contributed by atoms with van der Waals surface area (Å²) in [7, 11) is 0. The summed E-state index contributed by atoms with van der Waals surface area (Å²) < 4.78 is 5.42. The number of aromatic nitrogens is 2. The van der Waals surface area contributed by atoms with Crippen molar-refractivity contribution in [2.24, 2.45) is 0 Å². The molecule has 0 atom stereocenters. The SMILES string of the molecule is Nc1cc(Oc2cccc(Cl)c2)ncn1. The van der Waals surface area contributed by atoms with Crippen molar-refractivity contribution in [3.8, 4) is 11.6 Å². The summed E-state index contributed by atoms with van der Waals surface area (Å²) in [5.41, 5.74) is 5.48. The van der Waals surface area contributed by atoms with Gasteiger partial charge < -0.3 is 10.5 Å². The molecule has 0 fully saturated rings. The second-order valence-electron chi connectivity index (χ2n) is 2.84. The fraction of sp³-hybridized carbons (Fsp3) is 0. The third-order valence-corrected chi connectivity index (χ3v) is 1.92. The van der Waals surface area contributed by atoms with Crippen LogP contribution >= 0.6 is 11.6 Å². The molecule has 0 saturated heterocycles. The van der Waals surface area contributed by atoms with Gasteiger partial charge >= 0.3 is 0 Å². The third kappa shape index (κ3) is 2.57. The molecular weight excluding hydrogens is 214 g/mol. The number of halogens is 1. The normalized spacial score (nSPS) is 9.93. The minimum absolute atomic E-state index is 0.363. The minimum atomic E-state index is 0.363. The van der Waals surface area contributed by atoms with Crippen molar-refractivity contribution in [3.05, 3.63) is 41.7 Å². The summed E-state index contributed by atoms with van der Waals surface area (Å²) in [6.45, 7) is 0. The Morgan fingerprint density at radius 2 is 2.07 bits per heavy atom. The van der Waals surface area contributed by atoms with Crippen LogP contribution in [0.2, 0.25) is 5.02 Å². The monoisotopic (exact) mass is 221 g/mol. The van der Waals surface area contributed by atoms with Crippen molar-refractivity contribution in [3.63, 3.8) is 0 Å². The lowest BCUT2D eigenvalue weighted by molar-refractivity contribution is 0.462. The predicted octanol–water partition coefficient (Wildman–Crippen LogP) is 2.50. The van der Waals surface area contributed by atoms with Crippen LogP contribution in [-0.4, -0.2) is 9.97 Å². The first-order chi connectivity index (χ1) is 7.24. The van der Waals surface area contributed by atoms with Crippen molar-refractivity contribution in [2.75, 3.05) is 5.73 Å². The Balaban J connectivity index is 2.22. The second-order valence-corrected chi connectivity index (χ2v) is 3.28. The Morgan fingerprint density at radius 1 is 1.20 bits per heavy atom. The zero-order valence-electron chi connectivity index (χ0n) is 7.72. The van der Waals surface area contributed by atoms with Crippen molar-refractivity contribution in [1.29, 1.82) is 0 Å². The van der Waals surface area contributed by atoms with Gasteiger partial charge in [-0.1, -0.05) is 17.7 Å². The number of hydrogen-bond donors (Lipinski definition) is 1. The number of anilines is 1. The van der Waals surface area contributed by atoms with Gasteiger partial charge in [-0.05, 0) is 18.2 Å². The van der Waals surface area contributed by atoms with E-state index in [9.17, 15) is 0 Å². The molecule has 0 bridgehead atoms. The largest absolute Gasteiger partial charge is 0.439 e. The van der Waals surface area contributed by atoms with Gasteiger partial charge in [-0.15, -0.1) is 0 Å². The summed E-state index contributed by atoms with van der Waals surface area (Å²) in [5, 5.41) is 0.606. The molecule has 0 radical (unpaired) electrons. The molecule has 1 heterocycles. The van der Waals surface area contributed by atoms with E-state index >= 15 is 0 Å². The third-order valence-electron chi connectivity index (χ3n) is 1.68. The van der Waals surface area contributed by atoms with Crippen molar-refractivity contribution >= 4 is 17.4 Å². The molecule has 1 aromatic carbocycles. The maximum Gasteiger partial charge on any atom is 0.224 e. The number of ether oxygens (including phenoxy) is 1. The molecule has 0 aliphatic heterocycles. The standard InChI is InChI=1S/C10H8ClN3O/c11-7-2-1-3-8(4-7)15-10-5-9(12)13-6-14-10/h1-6H,(H2,12,13,14). The lowest BCUT2D eigenvalue weighted by atomic mass is 10.3. The summed E-state index contributed by atoms with van der Waals surface area (Å²) in [4.78, 5) is 7.67. The summed E-state index contributed by atoms with van der Waals surface area (Å²) >= 11 is 5.80. The summed E-state index contributed by atoms with van der Waals surface area (Å²) in [6.07, 6.45) is 1.34. The lowest BCUT2D eigenvalue weighted by Gasteiger charge is -2.04. The molecule has 0 aliphatic carbocycles. The maximum atomic E-state index is 5.80. The van der Waals surface area contributed by atoms with E-state index in [4.69, 9.17) is 22.1 Å². The molecule has 2 aromatic rings. The van der Waals surface area contributed by atoms with Crippen LogP contribution in [0.25, 0.3) is 0 Å². The van der Waals surface area contributed by atoms with Crippen LogP contribution in [0.15, 0.2) is 36.7 Å². The van der Waals surface area contributed by atoms with Gasteiger partial charge in [0.15, 0.2) is 0 Å². The first-order valence-electron chi connectivity index (χ1n) is 4.25. The van der Waals surface area contributed by atoms with Gasteiger partial charge in [-0.3, -0.25) is 0 Å². The van der Waals surface area contributed by atoms with Crippen LogP contribution in [0, 0.1) is 0 Å². The Labute approximate surface area is 91.7 Å². The highest BCUT2D eigenvalue weighted by molar-refractivity contribution is 6.30. The summed E-state index contributed by atoms with van der Waals surface area (Å²) in [6, 6.07) is 8.58. The van der Waals surface area contributed by atoms with Gasteiger partial charge in [-0.2, -0.15) is 0 Å². The molecule has 15 heavy (non-hydrogen) atoms. The van der Waals surface area contributed by atoms with Crippen molar-refractivity contribution < 1.29 is 4.74 Å². The number of nitrogens with two attached hydrogens (primary N) is 1.